The second-order valence-corrected chi connectivity index (χ2v) is 5.37. The van der Waals surface area contributed by atoms with E-state index in [1.165, 1.54) is 31.3 Å². The normalized spacial score (nSPS) is 14.8. The zero-order chi connectivity index (χ0) is 17.7. The number of hydrogen-bond donors (Lipinski definition) is 0. The van der Waals surface area contributed by atoms with E-state index in [1.54, 1.807) is 19.1 Å². The number of hydrogen-bond acceptors (Lipinski definition) is 5. The molecule has 1 aromatic carbocycles. The summed E-state index contributed by atoms with van der Waals surface area (Å²) in [4.78, 5) is 28.0. The molecule has 2 amide bonds. The molecule has 0 spiro atoms. The van der Waals surface area contributed by atoms with Crippen LogP contribution in [0, 0.1) is 5.82 Å². The van der Waals surface area contributed by atoms with Crippen LogP contribution in [0.1, 0.15) is 5.56 Å². The summed E-state index contributed by atoms with van der Waals surface area (Å²) in [6.45, 7) is 1.67. The number of ether oxygens (including phenoxy) is 2. The quantitative estimate of drug-likeness (QED) is 0.666. The summed E-state index contributed by atoms with van der Waals surface area (Å²) < 4.78 is 23.4. The third-order valence-electron chi connectivity index (χ3n) is 3.84. The average molecular weight is 336 g/mol. The third-order valence-corrected chi connectivity index (χ3v) is 3.84. The molecule has 0 fully saturated rings. The fourth-order valence-corrected chi connectivity index (χ4v) is 2.54. The van der Waals surface area contributed by atoms with Crippen LogP contribution in [0.4, 0.5) is 4.39 Å². The molecule has 0 saturated heterocycles. The van der Waals surface area contributed by atoms with E-state index in [0.717, 1.165) is 4.90 Å². The Morgan fingerprint density at radius 3 is 2.04 bits per heavy atom. The van der Waals surface area contributed by atoms with E-state index in [-0.39, 0.29) is 11.5 Å². The minimum atomic E-state index is -0.401. The molecule has 0 bridgehead atoms. The molecular weight excluding hydrogens is 315 g/mol. The van der Waals surface area contributed by atoms with Gasteiger partial charge in [-0.2, -0.15) is 0 Å². The number of imide groups is 1. The van der Waals surface area contributed by atoms with Crippen molar-refractivity contribution in [2.75, 3.05) is 47.6 Å². The minimum absolute atomic E-state index is 0.273. The second-order valence-electron chi connectivity index (χ2n) is 5.37. The van der Waals surface area contributed by atoms with Gasteiger partial charge in [-0.05, 0) is 17.7 Å². The van der Waals surface area contributed by atoms with E-state index in [9.17, 15) is 14.0 Å². The summed E-state index contributed by atoms with van der Waals surface area (Å²) >= 11 is 0. The molecule has 0 saturated carbocycles. The number of carbonyl (C=O) groups is 2. The van der Waals surface area contributed by atoms with Crippen LogP contribution < -0.4 is 0 Å². The highest BCUT2D eigenvalue weighted by Crippen LogP contribution is 2.30. The van der Waals surface area contributed by atoms with Gasteiger partial charge in [0.15, 0.2) is 0 Å². The Kier molecular flexibility index (Phi) is 6.05. The van der Waals surface area contributed by atoms with Gasteiger partial charge in [-0.3, -0.25) is 14.5 Å². The molecule has 0 aromatic heterocycles. The van der Waals surface area contributed by atoms with E-state index >= 15 is 0 Å². The molecule has 0 N–H and O–H groups in total. The Bertz CT molecular complexity index is 634. The van der Waals surface area contributed by atoms with Crippen LogP contribution in [-0.4, -0.2) is 69.2 Å². The van der Waals surface area contributed by atoms with Gasteiger partial charge in [0.1, 0.15) is 11.5 Å². The van der Waals surface area contributed by atoms with Gasteiger partial charge in [-0.1, -0.05) is 12.1 Å². The molecule has 1 aliphatic heterocycles. The number of nitrogens with zero attached hydrogens (tertiary/aromatic N) is 2. The minimum Gasteiger partial charge on any atom is -0.383 e. The lowest BCUT2D eigenvalue weighted by Gasteiger charge is -2.25. The van der Waals surface area contributed by atoms with Gasteiger partial charge in [0.25, 0.3) is 11.8 Å². The molecule has 2 rings (SSSR count). The number of rotatable bonds is 8. The van der Waals surface area contributed by atoms with Crippen molar-refractivity contribution in [2.24, 2.45) is 0 Å². The summed E-state index contributed by atoms with van der Waals surface area (Å²) in [5, 5.41) is 0. The van der Waals surface area contributed by atoms with Gasteiger partial charge in [-0.15, -0.1) is 0 Å². The highest BCUT2D eigenvalue weighted by Gasteiger charge is 2.39. The van der Waals surface area contributed by atoms with E-state index in [0.29, 0.717) is 37.6 Å². The molecule has 0 radical (unpaired) electrons. The SMILES string of the molecule is COCCN(CCOC)C1=C(c2ccc(F)cc2)C(=O)N(C)C1=O. The number of amides is 2. The monoisotopic (exact) mass is 336 g/mol. The number of likely N-dealkylation sites (N-methyl/N-ethyl adjacent to an activating group) is 1. The molecule has 0 aliphatic carbocycles. The van der Waals surface area contributed by atoms with Crippen molar-refractivity contribution in [1.29, 1.82) is 0 Å². The number of halogens is 1. The van der Waals surface area contributed by atoms with Crippen molar-refractivity contribution in [1.82, 2.24) is 9.80 Å². The second kappa shape index (κ2) is 8.03. The topological polar surface area (TPSA) is 59.1 Å². The molecule has 0 unspecified atom stereocenters. The zero-order valence-corrected chi connectivity index (χ0v) is 14.0. The van der Waals surface area contributed by atoms with Gasteiger partial charge >= 0.3 is 0 Å². The number of carbonyl (C=O) groups excluding carboxylic acids is 2. The Balaban J connectivity index is 2.49. The van der Waals surface area contributed by atoms with Crippen LogP contribution in [0.5, 0.6) is 0 Å². The van der Waals surface area contributed by atoms with Crippen LogP contribution in [0.2, 0.25) is 0 Å². The van der Waals surface area contributed by atoms with Gasteiger partial charge in [-0.25, -0.2) is 4.39 Å². The fourth-order valence-electron chi connectivity index (χ4n) is 2.54. The molecule has 6 nitrogen and oxygen atoms in total. The standard InChI is InChI=1S/C17H21FN2O4/c1-19-16(21)14(12-4-6-13(18)7-5-12)15(17(19)22)20(8-10-23-2)9-11-24-3/h4-7H,8-11H2,1-3H3. The summed E-state index contributed by atoms with van der Waals surface area (Å²) in [6, 6.07) is 5.54. The molecule has 24 heavy (non-hydrogen) atoms. The first-order chi connectivity index (χ1) is 11.5. The number of benzene rings is 1. The van der Waals surface area contributed by atoms with E-state index in [4.69, 9.17) is 9.47 Å². The maximum absolute atomic E-state index is 13.2. The zero-order valence-electron chi connectivity index (χ0n) is 14.0. The van der Waals surface area contributed by atoms with Crippen LogP contribution in [0.15, 0.2) is 30.0 Å². The molecule has 1 aliphatic rings. The highest BCUT2D eigenvalue weighted by atomic mass is 19.1. The molecule has 1 heterocycles. The number of methoxy groups -OCH3 is 2. The third kappa shape index (κ3) is 3.63. The molecule has 1 aromatic rings. The van der Waals surface area contributed by atoms with Crippen LogP contribution in [0.3, 0.4) is 0 Å². The predicted octanol–water partition coefficient (Wildman–Crippen LogP) is 1.13. The first kappa shape index (κ1) is 18.1. The van der Waals surface area contributed by atoms with Crippen molar-refractivity contribution in [2.45, 2.75) is 0 Å². The Morgan fingerprint density at radius 1 is 1.00 bits per heavy atom. The van der Waals surface area contributed by atoms with Gasteiger partial charge in [0.2, 0.25) is 0 Å². The summed E-state index contributed by atoms with van der Waals surface area (Å²) in [5.41, 5.74) is 1.08. The van der Waals surface area contributed by atoms with Crippen molar-refractivity contribution < 1.29 is 23.5 Å². The maximum atomic E-state index is 13.2. The molecule has 7 heteroatoms. The van der Waals surface area contributed by atoms with E-state index in [1.807, 2.05) is 0 Å². The van der Waals surface area contributed by atoms with Gasteiger partial charge < -0.3 is 14.4 Å². The lowest BCUT2D eigenvalue weighted by atomic mass is 10.0. The maximum Gasteiger partial charge on any atom is 0.277 e. The first-order valence-electron chi connectivity index (χ1n) is 7.56. The smallest absolute Gasteiger partial charge is 0.277 e. The lowest BCUT2D eigenvalue weighted by Crippen LogP contribution is -2.36. The van der Waals surface area contributed by atoms with Gasteiger partial charge in [0, 0.05) is 34.4 Å². The summed E-state index contributed by atoms with van der Waals surface area (Å²) in [6.07, 6.45) is 0. The van der Waals surface area contributed by atoms with Crippen LogP contribution in [-0.2, 0) is 19.1 Å². The van der Waals surface area contributed by atoms with Crippen molar-refractivity contribution in [3.63, 3.8) is 0 Å². The van der Waals surface area contributed by atoms with E-state index in [2.05, 4.69) is 0 Å². The van der Waals surface area contributed by atoms with Gasteiger partial charge in [0.05, 0.1) is 18.8 Å². The summed E-state index contributed by atoms with van der Waals surface area (Å²) in [7, 11) is 4.57. The first-order valence-corrected chi connectivity index (χ1v) is 7.56. The van der Waals surface area contributed by atoms with Crippen LogP contribution in [0.25, 0.3) is 5.57 Å². The Labute approximate surface area is 140 Å². The highest BCUT2D eigenvalue weighted by molar-refractivity contribution is 6.35. The van der Waals surface area contributed by atoms with Crippen molar-refractivity contribution in [3.8, 4) is 0 Å². The molecule has 130 valence electrons. The Hall–Kier alpha value is -2.25. The summed E-state index contributed by atoms with van der Waals surface area (Å²) in [5.74, 6) is -1.19. The van der Waals surface area contributed by atoms with E-state index < -0.39 is 11.7 Å². The Morgan fingerprint density at radius 2 is 1.54 bits per heavy atom. The largest absolute Gasteiger partial charge is 0.383 e. The fraction of sp³-hybridized carbons (Fsp3) is 0.412. The lowest BCUT2D eigenvalue weighted by molar-refractivity contribution is -0.136. The molecule has 0 atom stereocenters. The molecular formula is C17H21FN2O4. The average Bonchev–Trinajstić information content (AvgIpc) is 2.80. The van der Waals surface area contributed by atoms with Crippen LogP contribution >= 0.6 is 0 Å². The van der Waals surface area contributed by atoms with Crippen molar-refractivity contribution >= 4 is 17.4 Å². The van der Waals surface area contributed by atoms with Crippen molar-refractivity contribution in [3.05, 3.63) is 41.3 Å². The predicted molar refractivity (Wildman–Crippen MR) is 86.4 cm³/mol.